The lowest BCUT2D eigenvalue weighted by Gasteiger charge is -2.19. The van der Waals surface area contributed by atoms with Crippen molar-refractivity contribution < 1.29 is 38.1 Å². The van der Waals surface area contributed by atoms with E-state index in [1.165, 1.54) is 19.1 Å². The molecule has 0 aliphatic heterocycles. The van der Waals surface area contributed by atoms with E-state index in [4.69, 9.17) is 24.7 Å². The first-order chi connectivity index (χ1) is 16.2. The van der Waals surface area contributed by atoms with Gasteiger partial charge >= 0.3 is 23.9 Å². The first kappa shape index (κ1) is 30.1. The van der Waals surface area contributed by atoms with Gasteiger partial charge in [0.2, 0.25) is 0 Å². The molecule has 0 bridgehead atoms. The molecule has 0 saturated carbocycles. The molecule has 0 heterocycles. The van der Waals surface area contributed by atoms with E-state index in [1.54, 1.807) is 26.8 Å². The molecule has 0 spiro atoms. The highest BCUT2D eigenvalue weighted by Crippen LogP contribution is 2.31. The SMILES string of the molecule is CC(=O)OC[C@H](C)OC(=O)[C@@H](N)Cc1ccc(OC(=O)C(C)C(C)C)c(OC(=O)C(C)C(C)C)c1. The Hall–Kier alpha value is -2.94. The molecule has 0 aliphatic rings. The molecule has 1 aromatic carbocycles. The maximum atomic E-state index is 12.6. The Morgan fingerprint density at radius 3 is 1.80 bits per heavy atom. The molecule has 0 fully saturated rings. The van der Waals surface area contributed by atoms with Crippen molar-refractivity contribution in [1.82, 2.24) is 0 Å². The maximum Gasteiger partial charge on any atom is 0.323 e. The molecule has 0 aliphatic carbocycles. The van der Waals surface area contributed by atoms with Gasteiger partial charge in [0.25, 0.3) is 0 Å². The molecule has 196 valence electrons. The highest BCUT2D eigenvalue weighted by Gasteiger charge is 2.25. The van der Waals surface area contributed by atoms with Crippen LogP contribution in [0, 0.1) is 23.7 Å². The molecule has 4 atom stereocenters. The van der Waals surface area contributed by atoms with Crippen molar-refractivity contribution in [3.63, 3.8) is 0 Å². The number of esters is 4. The minimum Gasteiger partial charge on any atom is -0.462 e. The topological polar surface area (TPSA) is 131 Å². The summed E-state index contributed by atoms with van der Waals surface area (Å²) in [5, 5.41) is 0. The number of carbonyl (C=O) groups excluding carboxylic acids is 4. The Kier molecular flexibility index (Phi) is 11.9. The Labute approximate surface area is 207 Å². The zero-order valence-electron chi connectivity index (χ0n) is 22.0. The minimum atomic E-state index is -1.01. The second-order valence-corrected chi connectivity index (χ2v) is 9.55. The maximum absolute atomic E-state index is 12.6. The van der Waals surface area contributed by atoms with Crippen molar-refractivity contribution in [3.05, 3.63) is 23.8 Å². The van der Waals surface area contributed by atoms with Crippen LogP contribution in [0.15, 0.2) is 18.2 Å². The molecule has 1 rings (SSSR count). The average Bonchev–Trinajstić information content (AvgIpc) is 2.77. The molecule has 0 radical (unpaired) electrons. The van der Waals surface area contributed by atoms with Crippen LogP contribution in [-0.4, -0.2) is 42.6 Å². The third-order valence-electron chi connectivity index (χ3n) is 5.77. The van der Waals surface area contributed by atoms with Crippen molar-refractivity contribution in [2.75, 3.05) is 6.61 Å². The second kappa shape index (κ2) is 13.8. The van der Waals surface area contributed by atoms with E-state index in [2.05, 4.69) is 0 Å². The van der Waals surface area contributed by atoms with Crippen molar-refractivity contribution in [3.8, 4) is 11.5 Å². The van der Waals surface area contributed by atoms with E-state index in [0.29, 0.717) is 5.56 Å². The first-order valence-electron chi connectivity index (χ1n) is 11.9. The van der Waals surface area contributed by atoms with Gasteiger partial charge in [0.05, 0.1) is 11.8 Å². The zero-order valence-corrected chi connectivity index (χ0v) is 22.0. The Balaban J connectivity index is 3.06. The predicted molar refractivity (Wildman–Crippen MR) is 130 cm³/mol. The molecular formula is C26H39NO8. The monoisotopic (exact) mass is 493 g/mol. The lowest BCUT2D eigenvalue weighted by molar-refractivity contribution is -0.157. The second-order valence-electron chi connectivity index (χ2n) is 9.55. The van der Waals surface area contributed by atoms with Crippen LogP contribution in [0.4, 0.5) is 0 Å². The van der Waals surface area contributed by atoms with Gasteiger partial charge in [0.15, 0.2) is 11.5 Å². The Bertz CT molecular complexity index is 895. The summed E-state index contributed by atoms with van der Waals surface area (Å²) in [4.78, 5) is 48.4. The first-order valence-corrected chi connectivity index (χ1v) is 11.9. The highest BCUT2D eigenvalue weighted by molar-refractivity contribution is 5.79. The summed E-state index contributed by atoms with van der Waals surface area (Å²) in [6.45, 7) is 13.9. The summed E-state index contributed by atoms with van der Waals surface area (Å²) >= 11 is 0. The lowest BCUT2D eigenvalue weighted by atomic mass is 9.98. The summed E-state index contributed by atoms with van der Waals surface area (Å²) < 4.78 is 21.2. The van der Waals surface area contributed by atoms with Crippen LogP contribution < -0.4 is 15.2 Å². The predicted octanol–water partition coefficient (Wildman–Crippen LogP) is 3.45. The van der Waals surface area contributed by atoms with Crippen molar-refractivity contribution >= 4 is 23.9 Å². The van der Waals surface area contributed by atoms with Crippen molar-refractivity contribution in [1.29, 1.82) is 0 Å². The van der Waals surface area contributed by atoms with Gasteiger partial charge in [-0.15, -0.1) is 0 Å². The van der Waals surface area contributed by atoms with Crippen molar-refractivity contribution in [2.24, 2.45) is 29.4 Å². The van der Waals surface area contributed by atoms with Crippen LogP contribution >= 0.6 is 0 Å². The number of carbonyl (C=O) groups is 4. The zero-order chi connectivity index (χ0) is 26.9. The van der Waals surface area contributed by atoms with E-state index < -0.39 is 36.0 Å². The van der Waals surface area contributed by atoms with Crippen LogP contribution in [0.1, 0.15) is 61.0 Å². The fourth-order valence-corrected chi connectivity index (χ4v) is 2.68. The molecule has 9 heteroatoms. The Morgan fingerprint density at radius 2 is 1.31 bits per heavy atom. The quantitative estimate of drug-likeness (QED) is 0.343. The number of nitrogens with two attached hydrogens (primary N) is 1. The summed E-state index contributed by atoms with van der Waals surface area (Å²) in [5.74, 6) is -2.48. The van der Waals surface area contributed by atoms with Gasteiger partial charge in [0.1, 0.15) is 18.8 Å². The van der Waals surface area contributed by atoms with Gasteiger partial charge in [-0.2, -0.15) is 0 Å². The van der Waals surface area contributed by atoms with Gasteiger partial charge < -0.3 is 24.7 Å². The fourth-order valence-electron chi connectivity index (χ4n) is 2.68. The summed E-state index contributed by atoms with van der Waals surface area (Å²) in [6.07, 6.45) is -0.573. The molecule has 0 saturated heterocycles. The van der Waals surface area contributed by atoms with E-state index in [-0.39, 0.29) is 48.2 Å². The van der Waals surface area contributed by atoms with Gasteiger partial charge in [-0.05, 0) is 42.9 Å². The van der Waals surface area contributed by atoms with E-state index in [9.17, 15) is 19.2 Å². The van der Waals surface area contributed by atoms with Gasteiger partial charge in [-0.3, -0.25) is 19.2 Å². The summed E-state index contributed by atoms with van der Waals surface area (Å²) in [5.41, 5.74) is 6.59. The van der Waals surface area contributed by atoms with E-state index >= 15 is 0 Å². The fraction of sp³-hybridized carbons (Fsp3) is 0.615. The molecular weight excluding hydrogens is 454 g/mol. The molecule has 0 amide bonds. The standard InChI is InChI=1S/C26H39NO8/c1-14(2)17(6)24(29)34-22-10-9-20(12-23(22)35-25(30)18(7)15(3)4)11-21(27)26(31)33-16(5)13-32-19(8)28/h9-10,12,14-18,21H,11,13,27H2,1-8H3/t16-,17?,18?,21-/m0/s1. The van der Waals surface area contributed by atoms with Gasteiger partial charge in [-0.1, -0.05) is 47.6 Å². The van der Waals surface area contributed by atoms with Crippen LogP contribution in [0.3, 0.4) is 0 Å². The van der Waals surface area contributed by atoms with Gasteiger partial charge in [-0.25, -0.2) is 0 Å². The number of rotatable bonds is 12. The normalized spacial score (nSPS) is 14.6. The van der Waals surface area contributed by atoms with Crippen LogP contribution in [0.25, 0.3) is 0 Å². The Morgan fingerprint density at radius 1 is 0.800 bits per heavy atom. The third kappa shape index (κ3) is 10.1. The molecule has 35 heavy (non-hydrogen) atoms. The van der Waals surface area contributed by atoms with Crippen LogP contribution in [0.5, 0.6) is 11.5 Å². The average molecular weight is 494 g/mol. The minimum absolute atomic E-state index is 0.0507. The summed E-state index contributed by atoms with van der Waals surface area (Å²) in [6, 6.07) is 3.68. The van der Waals surface area contributed by atoms with E-state index in [0.717, 1.165) is 0 Å². The van der Waals surface area contributed by atoms with E-state index in [1.807, 2.05) is 27.7 Å². The number of benzene rings is 1. The van der Waals surface area contributed by atoms with Crippen LogP contribution in [-0.2, 0) is 35.1 Å². The van der Waals surface area contributed by atoms with Crippen molar-refractivity contribution in [2.45, 2.75) is 74.0 Å². The molecule has 1 aromatic rings. The number of ether oxygens (including phenoxy) is 4. The number of hydrogen-bond acceptors (Lipinski definition) is 9. The van der Waals surface area contributed by atoms with Gasteiger partial charge in [0, 0.05) is 6.92 Å². The van der Waals surface area contributed by atoms with Crippen LogP contribution in [0.2, 0.25) is 0 Å². The highest BCUT2D eigenvalue weighted by atomic mass is 16.6. The molecule has 2 N–H and O–H groups in total. The molecule has 0 aromatic heterocycles. The number of hydrogen-bond donors (Lipinski definition) is 1. The molecule has 9 nitrogen and oxygen atoms in total. The smallest absolute Gasteiger partial charge is 0.323 e. The molecule has 2 unspecified atom stereocenters. The third-order valence-corrected chi connectivity index (χ3v) is 5.77. The lowest BCUT2D eigenvalue weighted by Crippen LogP contribution is -2.37. The summed E-state index contributed by atoms with van der Waals surface area (Å²) in [7, 11) is 0. The largest absolute Gasteiger partial charge is 0.462 e.